The van der Waals surface area contributed by atoms with Crippen LogP contribution in [0.3, 0.4) is 0 Å². The first-order valence-electron chi connectivity index (χ1n) is 10.3. The van der Waals surface area contributed by atoms with Crippen molar-refractivity contribution in [2.75, 3.05) is 26.2 Å². The number of hydrogen-bond acceptors (Lipinski definition) is 2. The summed E-state index contributed by atoms with van der Waals surface area (Å²) in [5, 5.41) is 5.48. The summed E-state index contributed by atoms with van der Waals surface area (Å²) < 4.78 is 0. The smallest absolute Gasteiger partial charge is 0.0552 e. The summed E-state index contributed by atoms with van der Waals surface area (Å²) in [6.07, 6.45) is 0. The van der Waals surface area contributed by atoms with Gasteiger partial charge in [-0.25, -0.2) is 0 Å². The molecular formula is C26H24N2. The minimum atomic E-state index is 0.402. The zero-order valence-electron chi connectivity index (χ0n) is 16.0. The van der Waals surface area contributed by atoms with Crippen LogP contribution in [0.25, 0.3) is 21.5 Å². The van der Waals surface area contributed by atoms with Gasteiger partial charge in [-0.15, -0.1) is 0 Å². The Morgan fingerprint density at radius 3 is 1.32 bits per heavy atom. The SMILES string of the molecule is c1ccc2c([C@H]3[C@H](c4cccc5ccccc45)N4CCN3CC4)cccc2c1. The van der Waals surface area contributed by atoms with Crippen molar-refractivity contribution in [3.63, 3.8) is 0 Å². The highest BCUT2D eigenvalue weighted by molar-refractivity contribution is 5.88. The average molecular weight is 364 g/mol. The molecule has 0 saturated carbocycles. The van der Waals surface area contributed by atoms with E-state index in [-0.39, 0.29) is 0 Å². The Morgan fingerprint density at radius 1 is 0.464 bits per heavy atom. The molecule has 2 nitrogen and oxygen atoms in total. The molecule has 4 aromatic carbocycles. The van der Waals surface area contributed by atoms with Crippen LogP contribution >= 0.6 is 0 Å². The highest BCUT2D eigenvalue weighted by Gasteiger charge is 2.43. The molecule has 0 unspecified atom stereocenters. The number of hydrogen-bond donors (Lipinski definition) is 0. The van der Waals surface area contributed by atoms with Crippen molar-refractivity contribution >= 4 is 21.5 Å². The molecule has 2 heteroatoms. The monoisotopic (exact) mass is 364 g/mol. The molecule has 3 fully saturated rings. The lowest BCUT2D eigenvalue weighted by Gasteiger charge is -2.54. The highest BCUT2D eigenvalue weighted by Crippen LogP contribution is 2.47. The van der Waals surface area contributed by atoms with Crippen LogP contribution < -0.4 is 0 Å². The molecule has 0 spiro atoms. The summed E-state index contributed by atoms with van der Waals surface area (Å²) in [5.74, 6) is 0. The van der Waals surface area contributed by atoms with Crippen molar-refractivity contribution in [3.05, 3.63) is 96.1 Å². The van der Waals surface area contributed by atoms with Crippen molar-refractivity contribution in [2.24, 2.45) is 0 Å². The summed E-state index contributed by atoms with van der Waals surface area (Å²) in [6.45, 7) is 4.65. The van der Waals surface area contributed by atoms with Gasteiger partial charge in [0, 0.05) is 26.2 Å². The first-order chi connectivity index (χ1) is 13.9. The average Bonchev–Trinajstić information content (AvgIpc) is 2.78. The lowest BCUT2D eigenvalue weighted by molar-refractivity contribution is -0.0394. The van der Waals surface area contributed by atoms with Crippen LogP contribution in [-0.4, -0.2) is 36.0 Å². The second-order valence-corrected chi connectivity index (χ2v) is 8.10. The Labute approximate surface area is 166 Å². The maximum Gasteiger partial charge on any atom is 0.0552 e. The van der Waals surface area contributed by atoms with Gasteiger partial charge < -0.3 is 0 Å². The Kier molecular flexibility index (Phi) is 3.75. The molecule has 0 aliphatic carbocycles. The second-order valence-electron chi connectivity index (χ2n) is 8.10. The molecule has 0 radical (unpaired) electrons. The van der Waals surface area contributed by atoms with Crippen molar-refractivity contribution < 1.29 is 0 Å². The van der Waals surface area contributed by atoms with Crippen molar-refractivity contribution in [1.29, 1.82) is 0 Å². The topological polar surface area (TPSA) is 6.48 Å². The van der Waals surface area contributed by atoms with E-state index in [9.17, 15) is 0 Å². The number of benzene rings is 4. The summed E-state index contributed by atoms with van der Waals surface area (Å²) in [6, 6.07) is 32.2. The maximum atomic E-state index is 2.72. The zero-order valence-corrected chi connectivity index (χ0v) is 16.0. The maximum absolute atomic E-state index is 2.72. The van der Waals surface area contributed by atoms with E-state index in [1.54, 1.807) is 0 Å². The standard InChI is InChI=1S/C26H24N2/c1-3-11-21-19(7-1)9-5-13-23(21)25-26(28-17-15-27(25)16-18-28)24-14-6-10-20-8-2-4-12-22(20)24/h1-14,25-26H,15-18H2/t25-,26-/m0/s1. The fraction of sp³-hybridized carbons (Fsp3) is 0.231. The van der Waals surface area contributed by atoms with Gasteiger partial charge in [0.25, 0.3) is 0 Å². The van der Waals surface area contributed by atoms with E-state index in [2.05, 4.69) is 94.7 Å². The van der Waals surface area contributed by atoms with Gasteiger partial charge in [-0.3, -0.25) is 9.80 Å². The molecule has 7 rings (SSSR count). The van der Waals surface area contributed by atoms with Crippen LogP contribution in [0.5, 0.6) is 0 Å². The van der Waals surface area contributed by atoms with Gasteiger partial charge in [-0.05, 0) is 32.7 Å². The number of piperazine rings is 3. The molecule has 3 aliphatic rings. The van der Waals surface area contributed by atoms with Gasteiger partial charge in [0.1, 0.15) is 0 Å². The lowest BCUT2D eigenvalue weighted by Crippen LogP contribution is -2.58. The molecule has 4 aromatic rings. The lowest BCUT2D eigenvalue weighted by atomic mass is 9.83. The van der Waals surface area contributed by atoms with Crippen LogP contribution in [-0.2, 0) is 0 Å². The van der Waals surface area contributed by atoms with Crippen molar-refractivity contribution in [3.8, 4) is 0 Å². The first kappa shape index (κ1) is 16.3. The van der Waals surface area contributed by atoms with E-state index < -0.39 is 0 Å². The summed E-state index contributed by atoms with van der Waals surface area (Å²) in [5.41, 5.74) is 2.95. The Morgan fingerprint density at radius 2 is 0.857 bits per heavy atom. The molecule has 0 N–H and O–H groups in total. The summed E-state index contributed by atoms with van der Waals surface area (Å²) >= 11 is 0. The molecule has 138 valence electrons. The van der Waals surface area contributed by atoms with E-state index in [4.69, 9.17) is 0 Å². The zero-order chi connectivity index (χ0) is 18.5. The minimum absolute atomic E-state index is 0.402. The molecule has 0 amide bonds. The Balaban J connectivity index is 1.59. The predicted molar refractivity (Wildman–Crippen MR) is 117 cm³/mol. The van der Waals surface area contributed by atoms with E-state index in [1.165, 1.54) is 32.7 Å². The van der Waals surface area contributed by atoms with Crippen LogP contribution in [0.4, 0.5) is 0 Å². The Hall–Kier alpha value is -2.68. The van der Waals surface area contributed by atoms with Crippen molar-refractivity contribution in [2.45, 2.75) is 12.1 Å². The molecule has 3 aliphatic heterocycles. The van der Waals surface area contributed by atoms with Gasteiger partial charge in [0.15, 0.2) is 0 Å². The number of rotatable bonds is 2. The first-order valence-corrected chi connectivity index (χ1v) is 10.3. The van der Waals surface area contributed by atoms with E-state index >= 15 is 0 Å². The van der Waals surface area contributed by atoms with Gasteiger partial charge in [-0.1, -0.05) is 84.9 Å². The summed E-state index contributed by atoms with van der Waals surface area (Å²) in [4.78, 5) is 5.43. The predicted octanol–water partition coefficient (Wildman–Crippen LogP) is 5.41. The third-order valence-electron chi connectivity index (χ3n) is 6.72. The fourth-order valence-electron chi connectivity index (χ4n) is 5.44. The van der Waals surface area contributed by atoms with E-state index in [0.717, 1.165) is 26.2 Å². The number of nitrogens with zero attached hydrogens (tertiary/aromatic N) is 2. The van der Waals surface area contributed by atoms with Gasteiger partial charge >= 0.3 is 0 Å². The normalized spacial score (nSPS) is 26.7. The second kappa shape index (κ2) is 6.44. The quantitative estimate of drug-likeness (QED) is 0.469. The van der Waals surface area contributed by atoms with Crippen LogP contribution in [0, 0.1) is 0 Å². The van der Waals surface area contributed by atoms with Gasteiger partial charge in [0.05, 0.1) is 12.1 Å². The number of fused-ring (bicyclic) bond motifs is 5. The highest BCUT2D eigenvalue weighted by atomic mass is 15.4. The van der Waals surface area contributed by atoms with Crippen LogP contribution in [0.1, 0.15) is 23.2 Å². The van der Waals surface area contributed by atoms with Crippen LogP contribution in [0.15, 0.2) is 84.9 Å². The largest absolute Gasteiger partial charge is 0.292 e. The third kappa shape index (κ3) is 2.42. The van der Waals surface area contributed by atoms with Gasteiger partial charge in [0.2, 0.25) is 0 Å². The van der Waals surface area contributed by atoms with Crippen molar-refractivity contribution in [1.82, 2.24) is 9.80 Å². The Bertz CT molecular complexity index is 1050. The molecule has 28 heavy (non-hydrogen) atoms. The minimum Gasteiger partial charge on any atom is -0.292 e. The molecule has 0 aromatic heterocycles. The molecule has 3 saturated heterocycles. The van der Waals surface area contributed by atoms with Gasteiger partial charge in [-0.2, -0.15) is 0 Å². The fourth-order valence-corrected chi connectivity index (χ4v) is 5.44. The third-order valence-corrected chi connectivity index (χ3v) is 6.72. The van der Waals surface area contributed by atoms with E-state index in [1.807, 2.05) is 0 Å². The molecular weight excluding hydrogens is 340 g/mol. The summed E-state index contributed by atoms with van der Waals surface area (Å²) in [7, 11) is 0. The molecule has 2 atom stereocenters. The molecule has 2 bridgehead atoms. The van der Waals surface area contributed by atoms with E-state index in [0.29, 0.717) is 12.1 Å². The molecule has 3 heterocycles. The van der Waals surface area contributed by atoms with Crippen LogP contribution in [0.2, 0.25) is 0 Å².